The summed E-state index contributed by atoms with van der Waals surface area (Å²) in [4.78, 5) is 42.4. The maximum Gasteiger partial charge on any atom is 0.328 e. The van der Waals surface area contributed by atoms with Gasteiger partial charge < -0.3 is 10.6 Å². The number of para-hydroxylation sites is 2. The SMILES string of the molecule is O=C1NC2(C(=O)N1Cc1ccccc1)c1ccccc1NC(=O)N2c1ccccc1. The lowest BCUT2D eigenvalue weighted by molar-refractivity contribution is -0.131. The minimum Gasteiger partial charge on any atom is -0.307 e. The molecule has 0 radical (unpaired) electrons. The predicted octanol–water partition coefficient (Wildman–Crippen LogP) is 3.64. The van der Waals surface area contributed by atoms with Gasteiger partial charge in [0.25, 0.3) is 5.91 Å². The van der Waals surface area contributed by atoms with Crippen LogP contribution in [0.15, 0.2) is 84.9 Å². The smallest absolute Gasteiger partial charge is 0.307 e. The number of hydrogen-bond acceptors (Lipinski definition) is 3. The van der Waals surface area contributed by atoms with E-state index in [1.807, 2.05) is 36.4 Å². The van der Waals surface area contributed by atoms with Crippen LogP contribution in [0.3, 0.4) is 0 Å². The van der Waals surface area contributed by atoms with Gasteiger partial charge in [0.2, 0.25) is 5.66 Å². The van der Waals surface area contributed by atoms with Gasteiger partial charge in [-0.25, -0.2) is 9.59 Å². The molecule has 2 aliphatic heterocycles. The summed E-state index contributed by atoms with van der Waals surface area (Å²) in [7, 11) is 0. The Kier molecular flexibility index (Phi) is 4.03. The molecule has 1 fully saturated rings. The molecule has 5 rings (SSSR count). The Morgan fingerprint density at radius 1 is 0.733 bits per heavy atom. The van der Waals surface area contributed by atoms with Crippen LogP contribution in [0.1, 0.15) is 11.1 Å². The molecule has 2 heterocycles. The second-order valence-corrected chi connectivity index (χ2v) is 7.16. The number of fused-ring (bicyclic) bond motifs is 2. The van der Waals surface area contributed by atoms with Gasteiger partial charge in [-0.2, -0.15) is 0 Å². The molecular formula is C23H18N4O3. The zero-order valence-corrected chi connectivity index (χ0v) is 15.9. The Bertz CT molecular complexity index is 1150. The van der Waals surface area contributed by atoms with Gasteiger partial charge in [-0.15, -0.1) is 0 Å². The summed E-state index contributed by atoms with van der Waals surface area (Å²) in [5.41, 5.74) is 0.663. The second-order valence-electron chi connectivity index (χ2n) is 7.16. The average Bonchev–Trinajstić information content (AvgIpc) is 3.00. The fraction of sp³-hybridized carbons (Fsp3) is 0.0870. The van der Waals surface area contributed by atoms with E-state index in [-0.39, 0.29) is 6.54 Å². The van der Waals surface area contributed by atoms with E-state index in [0.29, 0.717) is 16.9 Å². The van der Waals surface area contributed by atoms with Crippen LogP contribution in [0.5, 0.6) is 0 Å². The molecule has 30 heavy (non-hydrogen) atoms. The topological polar surface area (TPSA) is 81.8 Å². The van der Waals surface area contributed by atoms with Crippen molar-refractivity contribution in [2.75, 3.05) is 10.2 Å². The third kappa shape index (κ3) is 2.56. The summed E-state index contributed by atoms with van der Waals surface area (Å²) in [5.74, 6) is -0.498. The minimum atomic E-state index is -1.66. The molecule has 0 aromatic heterocycles. The Morgan fingerprint density at radius 3 is 2.10 bits per heavy atom. The van der Waals surface area contributed by atoms with Crippen molar-refractivity contribution in [1.29, 1.82) is 0 Å². The van der Waals surface area contributed by atoms with Crippen molar-refractivity contribution in [3.63, 3.8) is 0 Å². The fourth-order valence-electron chi connectivity index (χ4n) is 4.05. The monoisotopic (exact) mass is 398 g/mol. The van der Waals surface area contributed by atoms with Gasteiger partial charge in [-0.1, -0.05) is 66.7 Å². The van der Waals surface area contributed by atoms with Crippen LogP contribution in [0.2, 0.25) is 0 Å². The molecule has 1 spiro atoms. The quantitative estimate of drug-likeness (QED) is 0.661. The van der Waals surface area contributed by atoms with E-state index >= 15 is 0 Å². The Labute approximate surface area is 172 Å². The highest BCUT2D eigenvalue weighted by molar-refractivity contribution is 6.18. The van der Waals surface area contributed by atoms with Crippen LogP contribution in [-0.2, 0) is 17.0 Å². The number of nitrogens with one attached hydrogen (secondary N) is 2. The largest absolute Gasteiger partial charge is 0.328 e. The Balaban J connectivity index is 1.67. The summed E-state index contributed by atoms with van der Waals surface area (Å²) in [6, 6.07) is 24.1. The third-order valence-electron chi connectivity index (χ3n) is 5.38. The van der Waals surface area contributed by atoms with Crippen LogP contribution >= 0.6 is 0 Å². The second kappa shape index (κ2) is 6.73. The third-order valence-corrected chi connectivity index (χ3v) is 5.38. The molecule has 3 aromatic rings. The molecule has 7 nitrogen and oxygen atoms in total. The van der Waals surface area contributed by atoms with Crippen LogP contribution < -0.4 is 15.5 Å². The number of nitrogens with zero attached hydrogens (tertiary/aromatic N) is 2. The average molecular weight is 398 g/mol. The molecule has 2 N–H and O–H groups in total. The van der Waals surface area contributed by atoms with Crippen LogP contribution in [0.25, 0.3) is 0 Å². The maximum absolute atomic E-state index is 13.8. The maximum atomic E-state index is 13.8. The molecule has 1 saturated heterocycles. The van der Waals surface area contributed by atoms with E-state index in [1.165, 1.54) is 4.90 Å². The lowest BCUT2D eigenvalue weighted by Crippen LogP contribution is -2.64. The lowest BCUT2D eigenvalue weighted by atomic mass is 9.92. The van der Waals surface area contributed by atoms with Crippen LogP contribution in [0.4, 0.5) is 21.0 Å². The van der Waals surface area contributed by atoms with Crippen molar-refractivity contribution in [3.05, 3.63) is 96.1 Å². The highest BCUT2D eigenvalue weighted by atomic mass is 16.2. The molecule has 5 amide bonds. The number of imide groups is 1. The summed E-state index contributed by atoms with van der Waals surface area (Å²) in [5, 5.41) is 5.65. The number of carbonyl (C=O) groups is 3. The predicted molar refractivity (Wildman–Crippen MR) is 112 cm³/mol. The number of amides is 5. The van der Waals surface area contributed by atoms with E-state index in [9.17, 15) is 14.4 Å². The summed E-state index contributed by atoms with van der Waals surface area (Å²) < 4.78 is 0. The highest BCUT2D eigenvalue weighted by Crippen LogP contribution is 2.43. The van der Waals surface area contributed by atoms with Gasteiger partial charge in [0, 0.05) is 11.3 Å². The molecule has 1 atom stereocenters. The fourth-order valence-corrected chi connectivity index (χ4v) is 4.05. The molecular weight excluding hydrogens is 380 g/mol. The van der Waals surface area contributed by atoms with E-state index in [2.05, 4.69) is 10.6 Å². The summed E-state index contributed by atoms with van der Waals surface area (Å²) in [6.07, 6.45) is 0. The first-order valence-electron chi connectivity index (χ1n) is 9.55. The van der Waals surface area contributed by atoms with Crippen molar-refractivity contribution in [2.24, 2.45) is 0 Å². The standard InChI is InChI=1S/C23H18N4O3/c28-20-23(25-22(30)26(20)15-16-9-3-1-4-10-16)18-13-7-8-14-19(18)24-21(29)27(23)17-11-5-2-6-12-17/h1-14H,15H2,(H,24,29)(H,25,30). The zero-order valence-electron chi connectivity index (χ0n) is 15.9. The van der Waals surface area contributed by atoms with Gasteiger partial charge >= 0.3 is 12.1 Å². The first kappa shape index (κ1) is 17.9. The number of benzene rings is 3. The molecule has 1 unspecified atom stereocenters. The van der Waals surface area contributed by atoms with Crippen molar-refractivity contribution < 1.29 is 14.4 Å². The zero-order chi connectivity index (χ0) is 20.7. The van der Waals surface area contributed by atoms with E-state index in [4.69, 9.17) is 0 Å². The van der Waals surface area contributed by atoms with Crippen molar-refractivity contribution in [2.45, 2.75) is 12.2 Å². The highest BCUT2D eigenvalue weighted by Gasteiger charge is 2.61. The normalized spacial score (nSPS) is 20.2. The molecule has 148 valence electrons. The van der Waals surface area contributed by atoms with Crippen molar-refractivity contribution >= 4 is 29.3 Å². The van der Waals surface area contributed by atoms with E-state index < -0.39 is 23.6 Å². The number of anilines is 2. The number of urea groups is 2. The number of hydrogen-bond donors (Lipinski definition) is 2. The Hall–Kier alpha value is -4.13. The first-order valence-corrected chi connectivity index (χ1v) is 9.55. The van der Waals surface area contributed by atoms with Gasteiger partial charge in [-0.3, -0.25) is 14.6 Å². The van der Waals surface area contributed by atoms with Crippen molar-refractivity contribution in [3.8, 4) is 0 Å². The molecule has 0 bridgehead atoms. The van der Waals surface area contributed by atoms with Gasteiger partial charge in [0.05, 0.1) is 12.2 Å². The van der Waals surface area contributed by atoms with E-state index in [1.54, 1.807) is 48.5 Å². The van der Waals surface area contributed by atoms with Gasteiger partial charge in [-0.05, 0) is 23.8 Å². The molecule has 0 aliphatic carbocycles. The Morgan fingerprint density at radius 2 is 1.37 bits per heavy atom. The summed E-state index contributed by atoms with van der Waals surface area (Å²) >= 11 is 0. The minimum absolute atomic E-state index is 0.111. The molecule has 2 aliphatic rings. The number of carbonyl (C=O) groups excluding carboxylic acids is 3. The molecule has 7 heteroatoms. The molecule has 3 aromatic carbocycles. The first-order chi connectivity index (χ1) is 14.6. The van der Waals surface area contributed by atoms with Crippen LogP contribution in [0, 0.1) is 0 Å². The lowest BCUT2D eigenvalue weighted by Gasteiger charge is -2.43. The van der Waals surface area contributed by atoms with Gasteiger partial charge in [0.1, 0.15) is 0 Å². The van der Waals surface area contributed by atoms with E-state index in [0.717, 1.165) is 10.5 Å². The summed E-state index contributed by atoms with van der Waals surface area (Å²) in [6.45, 7) is 0.111. The van der Waals surface area contributed by atoms with Crippen molar-refractivity contribution in [1.82, 2.24) is 10.2 Å². The van der Waals surface area contributed by atoms with Crippen LogP contribution in [-0.4, -0.2) is 22.9 Å². The van der Waals surface area contributed by atoms with Gasteiger partial charge in [0.15, 0.2) is 0 Å². The number of rotatable bonds is 3. The molecule has 0 saturated carbocycles.